The second kappa shape index (κ2) is 7.34. The molecule has 0 saturated carbocycles. The maximum absolute atomic E-state index is 11.6. The fourth-order valence-electron chi connectivity index (χ4n) is 1.91. The third-order valence-electron chi connectivity index (χ3n) is 3.05. The monoisotopic (exact) mass is 269 g/mol. The molecule has 0 atom stereocenters. The van der Waals surface area contributed by atoms with Gasteiger partial charge in [-0.15, -0.1) is 0 Å². The molecule has 2 aromatic carbocycles. The summed E-state index contributed by atoms with van der Waals surface area (Å²) in [5.74, 6) is 0. The van der Waals surface area contributed by atoms with E-state index < -0.39 is 6.09 Å². The summed E-state index contributed by atoms with van der Waals surface area (Å²) in [7, 11) is 0. The minimum atomic E-state index is -0.393. The van der Waals surface area contributed by atoms with E-state index in [1.54, 1.807) is 0 Å². The van der Waals surface area contributed by atoms with E-state index in [4.69, 9.17) is 4.74 Å². The number of nitrogens with one attached hydrogen (secondary N) is 1. The van der Waals surface area contributed by atoms with Crippen LogP contribution in [0.25, 0.3) is 0 Å². The number of alkyl carbamates (subject to hydrolysis) is 1. The van der Waals surface area contributed by atoms with Crippen LogP contribution in [0.2, 0.25) is 0 Å². The lowest BCUT2D eigenvalue weighted by Crippen LogP contribution is -2.23. The van der Waals surface area contributed by atoms with Crippen LogP contribution in [0.3, 0.4) is 0 Å². The van der Waals surface area contributed by atoms with Crippen molar-refractivity contribution >= 4 is 6.09 Å². The molecule has 3 nitrogen and oxygen atoms in total. The SMILES string of the molecule is CCc1cccc(COC(=O)NCc2ccccc2)c1. The van der Waals surface area contributed by atoms with Crippen LogP contribution in [0.15, 0.2) is 54.6 Å². The Morgan fingerprint density at radius 3 is 2.45 bits per heavy atom. The van der Waals surface area contributed by atoms with Gasteiger partial charge in [0.15, 0.2) is 0 Å². The summed E-state index contributed by atoms with van der Waals surface area (Å²) in [6.07, 6.45) is 0.587. The third kappa shape index (κ3) is 4.43. The molecule has 0 aliphatic carbocycles. The van der Waals surface area contributed by atoms with Crippen molar-refractivity contribution in [1.82, 2.24) is 5.32 Å². The maximum Gasteiger partial charge on any atom is 0.407 e. The average Bonchev–Trinajstić information content (AvgIpc) is 2.52. The van der Waals surface area contributed by atoms with Gasteiger partial charge in [-0.3, -0.25) is 0 Å². The first kappa shape index (κ1) is 14.1. The number of hydrogen-bond donors (Lipinski definition) is 1. The van der Waals surface area contributed by atoms with Gasteiger partial charge in [-0.1, -0.05) is 61.5 Å². The van der Waals surface area contributed by atoms with E-state index in [2.05, 4.69) is 24.4 Å². The van der Waals surface area contributed by atoms with Gasteiger partial charge in [0, 0.05) is 6.54 Å². The van der Waals surface area contributed by atoms with Crippen molar-refractivity contribution in [3.8, 4) is 0 Å². The normalized spacial score (nSPS) is 10.1. The zero-order chi connectivity index (χ0) is 14.2. The van der Waals surface area contributed by atoms with Crippen LogP contribution in [0.4, 0.5) is 4.79 Å². The Hall–Kier alpha value is -2.29. The first-order valence-corrected chi connectivity index (χ1v) is 6.80. The lowest BCUT2D eigenvalue weighted by atomic mass is 10.1. The highest BCUT2D eigenvalue weighted by Crippen LogP contribution is 2.07. The highest BCUT2D eigenvalue weighted by atomic mass is 16.5. The second-order valence-electron chi connectivity index (χ2n) is 4.59. The Labute approximate surface area is 119 Å². The number of hydrogen-bond acceptors (Lipinski definition) is 2. The third-order valence-corrected chi connectivity index (χ3v) is 3.05. The summed E-state index contributed by atoms with van der Waals surface area (Å²) in [4.78, 5) is 11.6. The zero-order valence-electron chi connectivity index (χ0n) is 11.6. The Morgan fingerprint density at radius 2 is 1.70 bits per heavy atom. The molecule has 0 unspecified atom stereocenters. The van der Waals surface area contributed by atoms with Crippen LogP contribution < -0.4 is 5.32 Å². The highest BCUT2D eigenvalue weighted by Gasteiger charge is 2.03. The van der Waals surface area contributed by atoms with Crippen LogP contribution in [0, 0.1) is 0 Å². The predicted octanol–water partition coefficient (Wildman–Crippen LogP) is 3.68. The van der Waals surface area contributed by atoms with Crippen molar-refractivity contribution in [3.63, 3.8) is 0 Å². The number of rotatable bonds is 5. The molecule has 0 radical (unpaired) electrons. The van der Waals surface area contributed by atoms with Crippen LogP contribution in [0.5, 0.6) is 0 Å². The molecule has 0 aliphatic rings. The fourth-order valence-corrected chi connectivity index (χ4v) is 1.91. The smallest absolute Gasteiger partial charge is 0.407 e. The molecule has 0 fully saturated rings. The summed E-state index contributed by atoms with van der Waals surface area (Å²) >= 11 is 0. The molecule has 0 saturated heterocycles. The van der Waals surface area contributed by atoms with Crippen molar-refractivity contribution in [2.45, 2.75) is 26.5 Å². The molecule has 2 aromatic rings. The fraction of sp³-hybridized carbons (Fsp3) is 0.235. The molecular weight excluding hydrogens is 250 g/mol. The van der Waals surface area contributed by atoms with E-state index in [9.17, 15) is 4.79 Å². The van der Waals surface area contributed by atoms with Gasteiger partial charge in [0.25, 0.3) is 0 Å². The molecular formula is C17H19NO2. The second-order valence-corrected chi connectivity index (χ2v) is 4.59. The lowest BCUT2D eigenvalue weighted by molar-refractivity contribution is 0.139. The Kier molecular flexibility index (Phi) is 5.18. The van der Waals surface area contributed by atoms with E-state index in [-0.39, 0.29) is 0 Å². The van der Waals surface area contributed by atoms with Gasteiger partial charge in [0.2, 0.25) is 0 Å². The molecule has 2 rings (SSSR count). The van der Waals surface area contributed by atoms with Gasteiger partial charge in [-0.2, -0.15) is 0 Å². The van der Waals surface area contributed by atoms with E-state index >= 15 is 0 Å². The summed E-state index contributed by atoms with van der Waals surface area (Å²) < 4.78 is 5.20. The molecule has 0 spiro atoms. The summed E-state index contributed by atoms with van der Waals surface area (Å²) in [5, 5.41) is 2.74. The van der Waals surface area contributed by atoms with Crippen molar-refractivity contribution < 1.29 is 9.53 Å². The number of carbonyl (C=O) groups is 1. The molecule has 3 heteroatoms. The van der Waals surface area contributed by atoms with Crippen LogP contribution in [-0.2, 0) is 24.3 Å². The standard InChI is InChI=1S/C17H19NO2/c1-2-14-9-6-10-16(11-14)13-20-17(19)18-12-15-7-4-3-5-8-15/h3-11H,2,12-13H2,1H3,(H,18,19). The van der Waals surface area contributed by atoms with Crippen LogP contribution >= 0.6 is 0 Å². The number of amides is 1. The van der Waals surface area contributed by atoms with Crippen molar-refractivity contribution in [2.75, 3.05) is 0 Å². The Balaban J connectivity index is 1.77. The number of carbonyl (C=O) groups excluding carboxylic acids is 1. The largest absolute Gasteiger partial charge is 0.445 e. The van der Waals surface area contributed by atoms with E-state index in [1.165, 1.54) is 5.56 Å². The first-order chi connectivity index (χ1) is 9.78. The Morgan fingerprint density at radius 1 is 1.00 bits per heavy atom. The van der Waals surface area contributed by atoms with E-state index in [1.807, 2.05) is 42.5 Å². The van der Waals surface area contributed by atoms with Crippen molar-refractivity contribution in [3.05, 3.63) is 71.3 Å². The Bertz CT molecular complexity index is 552. The number of aryl methyl sites for hydroxylation is 1. The van der Waals surface area contributed by atoms with Crippen LogP contribution in [-0.4, -0.2) is 6.09 Å². The number of ether oxygens (including phenoxy) is 1. The van der Waals surface area contributed by atoms with Gasteiger partial charge in [0.1, 0.15) is 6.61 Å². The van der Waals surface area contributed by atoms with Gasteiger partial charge >= 0.3 is 6.09 Å². The quantitative estimate of drug-likeness (QED) is 0.899. The summed E-state index contributed by atoms with van der Waals surface area (Å²) in [6.45, 7) is 2.88. The molecule has 1 amide bonds. The first-order valence-electron chi connectivity index (χ1n) is 6.80. The minimum Gasteiger partial charge on any atom is -0.445 e. The average molecular weight is 269 g/mol. The molecule has 0 bridgehead atoms. The topological polar surface area (TPSA) is 38.3 Å². The van der Waals surface area contributed by atoms with Gasteiger partial charge in [0.05, 0.1) is 0 Å². The zero-order valence-corrected chi connectivity index (χ0v) is 11.6. The molecule has 0 aliphatic heterocycles. The van der Waals surface area contributed by atoms with Gasteiger partial charge in [-0.05, 0) is 23.1 Å². The minimum absolute atomic E-state index is 0.300. The van der Waals surface area contributed by atoms with Crippen LogP contribution in [0.1, 0.15) is 23.6 Å². The predicted molar refractivity (Wildman–Crippen MR) is 79.3 cm³/mol. The molecule has 0 heterocycles. The summed E-state index contributed by atoms with van der Waals surface area (Å²) in [5.41, 5.74) is 3.31. The van der Waals surface area contributed by atoms with E-state index in [0.717, 1.165) is 17.5 Å². The van der Waals surface area contributed by atoms with Gasteiger partial charge < -0.3 is 10.1 Å². The van der Waals surface area contributed by atoms with Crippen molar-refractivity contribution in [2.24, 2.45) is 0 Å². The molecule has 104 valence electrons. The van der Waals surface area contributed by atoms with Gasteiger partial charge in [-0.25, -0.2) is 4.79 Å². The lowest BCUT2D eigenvalue weighted by Gasteiger charge is -2.08. The van der Waals surface area contributed by atoms with E-state index in [0.29, 0.717) is 13.2 Å². The highest BCUT2D eigenvalue weighted by molar-refractivity contribution is 5.67. The molecule has 0 aromatic heterocycles. The van der Waals surface area contributed by atoms with Crippen molar-refractivity contribution in [1.29, 1.82) is 0 Å². The summed E-state index contributed by atoms with van der Waals surface area (Å²) in [6, 6.07) is 17.8. The number of benzene rings is 2. The molecule has 1 N–H and O–H groups in total. The maximum atomic E-state index is 11.6. The molecule has 20 heavy (non-hydrogen) atoms.